The van der Waals surface area contributed by atoms with E-state index in [0.29, 0.717) is 0 Å². The van der Waals surface area contributed by atoms with Crippen LogP contribution in [0.5, 0.6) is 0 Å². The Morgan fingerprint density at radius 1 is 0.600 bits per heavy atom. The quantitative estimate of drug-likeness (QED) is 0.112. The summed E-state index contributed by atoms with van der Waals surface area (Å²) in [6.07, 6.45) is 0. The average molecular weight is 946 g/mol. The van der Waals surface area contributed by atoms with Crippen molar-refractivity contribution in [2.45, 2.75) is 4.30 Å². The van der Waals surface area contributed by atoms with E-state index >= 15 is 0 Å². The maximum atomic E-state index is 5.81. The Labute approximate surface area is 268 Å². The number of fused-ring (bicyclic) bond motifs is 6. The molecule has 6 aromatic rings. The molecule has 182 valence electrons. The van der Waals surface area contributed by atoms with Gasteiger partial charge in [-0.1, -0.05) is 77.3 Å². The van der Waals surface area contributed by atoms with Gasteiger partial charge in [0.2, 0.25) is 0 Å². The van der Waals surface area contributed by atoms with Gasteiger partial charge in [0.1, 0.15) is 22.3 Å². The van der Waals surface area contributed by atoms with Crippen molar-refractivity contribution in [3.8, 4) is 0 Å². The van der Waals surface area contributed by atoms with Crippen LogP contribution in [0.4, 0.5) is 0 Å². The summed E-state index contributed by atoms with van der Waals surface area (Å²) < 4.78 is 14.3. The number of benzene rings is 4. The summed E-state index contributed by atoms with van der Waals surface area (Å²) in [6, 6.07) is 26.5. The smallest absolute Gasteiger partial charge is 0.180 e. The molecule has 0 saturated carbocycles. The second kappa shape index (κ2) is 14.4. The van der Waals surface area contributed by atoms with Crippen LogP contribution >= 0.6 is 124 Å². The van der Waals surface area contributed by atoms with Crippen molar-refractivity contribution in [3.05, 3.63) is 90.5 Å². The van der Waals surface area contributed by atoms with E-state index in [2.05, 4.69) is 114 Å². The molecule has 4 aromatic carbocycles. The van der Waals surface area contributed by atoms with E-state index < -0.39 is 4.30 Å². The molecule has 2 aromatic heterocycles. The molecule has 0 amide bonds. The van der Waals surface area contributed by atoms with Crippen LogP contribution in [0.2, 0.25) is 0 Å². The monoisotopic (exact) mass is 942 g/mol. The zero-order valence-electron chi connectivity index (χ0n) is 17.4. The van der Waals surface area contributed by atoms with Gasteiger partial charge in [-0.25, -0.2) is 0 Å². The number of halogens is 8. The van der Waals surface area contributed by atoms with Gasteiger partial charge in [-0.05, 0) is 97.5 Å². The lowest BCUT2D eigenvalue weighted by Crippen LogP contribution is -1.72. The van der Waals surface area contributed by atoms with Crippen LogP contribution in [0.25, 0.3) is 43.9 Å². The lowest BCUT2D eigenvalue weighted by Gasteiger charge is -1.92. The minimum atomic E-state index is -0.750. The molecule has 0 spiro atoms. The summed E-state index contributed by atoms with van der Waals surface area (Å²) in [6.45, 7) is 0. The molecular formula is C25H14Br3Cl3I2O2. The molecule has 0 aliphatic rings. The molecule has 6 rings (SSSR count). The van der Waals surface area contributed by atoms with Gasteiger partial charge in [0.15, 0.2) is 4.30 Å². The molecule has 10 heteroatoms. The molecule has 0 fully saturated rings. The first kappa shape index (κ1) is 29.8. The minimum absolute atomic E-state index is 0.750. The zero-order valence-corrected chi connectivity index (χ0v) is 28.8. The van der Waals surface area contributed by atoms with Crippen LogP contribution in [0, 0.1) is 7.14 Å². The molecule has 0 unspecified atom stereocenters. The van der Waals surface area contributed by atoms with Gasteiger partial charge < -0.3 is 8.83 Å². The first-order valence-corrected chi connectivity index (χ1v) is 17.7. The average Bonchev–Trinajstić information content (AvgIpc) is 3.41. The number of rotatable bonds is 0. The molecule has 2 heterocycles. The topological polar surface area (TPSA) is 26.3 Å². The number of hydrogen-bond acceptors (Lipinski definition) is 2. The van der Waals surface area contributed by atoms with Gasteiger partial charge in [-0.2, -0.15) is 0 Å². The van der Waals surface area contributed by atoms with E-state index in [1.807, 2.05) is 54.6 Å². The van der Waals surface area contributed by atoms with Gasteiger partial charge >= 0.3 is 0 Å². The predicted molar refractivity (Wildman–Crippen MR) is 180 cm³/mol. The van der Waals surface area contributed by atoms with E-state index in [1.54, 1.807) is 0 Å². The summed E-state index contributed by atoms with van der Waals surface area (Å²) in [7, 11) is 0. The third-order valence-corrected chi connectivity index (χ3v) is 7.20. The first-order valence-electron chi connectivity index (χ1n) is 9.74. The van der Waals surface area contributed by atoms with Crippen molar-refractivity contribution in [1.82, 2.24) is 0 Å². The van der Waals surface area contributed by atoms with Crippen molar-refractivity contribution in [1.29, 1.82) is 0 Å². The minimum Gasteiger partial charge on any atom is -0.456 e. The molecule has 0 N–H and O–H groups in total. The molecule has 0 radical (unpaired) electrons. The summed E-state index contributed by atoms with van der Waals surface area (Å²) in [5.74, 6) is 0. The van der Waals surface area contributed by atoms with Gasteiger partial charge in [-0.3, -0.25) is 0 Å². The van der Waals surface area contributed by atoms with Crippen LogP contribution in [0.1, 0.15) is 0 Å². The third-order valence-electron chi connectivity index (χ3n) is 4.78. The lowest BCUT2D eigenvalue weighted by atomic mass is 10.2. The highest BCUT2D eigenvalue weighted by Crippen LogP contribution is 2.35. The van der Waals surface area contributed by atoms with Crippen molar-refractivity contribution < 1.29 is 8.83 Å². The predicted octanol–water partition coefficient (Wildman–Crippen LogP) is 12.8. The highest BCUT2D eigenvalue weighted by atomic mass is 127. The summed E-state index contributed by atoms with van der Waals surface area (Å²) in [5, 5.41) is 4.80. The Balaban J connectivity index is 0.000000161. The number of hydrogen-bond donors (Lipinski definition) is 0. The SMILES string of the molecule is BrBr.Brc1cccc2c1oc1cccc(I)c12.ClC(Cl)Cl.Ic1cccc2oc3ccccc3c12. The van der Waals surface area contributed by atoms with Crippen molar-refractivity contribution >= 4 is 168 Å². The van der Waals surface area contributed by atoms with Crippen molar-refractivity contribution in [2.24, 2.45) is 0 Å². The van der Waals surface area contributed by atoms with E-state index in [9.17, 15) is 0 Å². The largest absolute Gasteiger partial charge is 0.456 e. The second-order valence-corrected chi connectivity index (χ2v) is 11.9. The molecule has 2 nitrogen and oxygen atoms in total. The normalized spacial score (nSPS) is 10.5. The lowest BCUT2D eigenvalue weighted by molar-refractivity contribution is 0.666. The van der Waals surface area contributed by atoms with Crippen LogP contribution in [-0.4, -0.2) is 4.30 Å². The van der Waals surface area contributed by atoms with Gasteiger partial charge in [0.05, 0.1) is 4.47 Å². The van der Waals surface area contributed by atoms with Crippen LogP contribution in [0.3, 0.4) is 0 Å². The highest BCUT2D eigenvalue weighted by molar-refractivity contribution is 14.1. The van der Waals surface area contributed by atoms with Crippen LogP contribution in [-0.2, 0) is 0 Å². The molecule has 35 heavy (non-hydrogen) atoms. The van der Waals surface area contributed by atoms with E-state index in [-0.39, 0.29) is 0 Å². The standard InChI is InChI=1S/C12H6BrIO.C12H7IO.CHCl3.Br2/c13-8-4-1-3-7-11-9(14)5-2-6-10(11)15-12(7)8;13-9-5-3-7-11-12(9)8-4-1-2-6-10(8)14-11;2-1(3)4;1-2/h1-6H;1-7H;1H;. The summed E-state index contributed by atoms with van der Waals surface area (Å²) in [4.78, 5) is 0. The highest BCUT2D eigenvalue weighted by Gasteiger charge is 2.11. The summed E-state index contributed by atoms with van der Waals surface area (Å²) >= 11 is 28.1. The molecular weight excluding hydrogens is 932 g/mol. The fourth-order valence-electron chi connectivity index (χ4n) is 3.50. The number of furan rings is 2. The van der Waals surface area contributed by atoms with Crippen molar-refractivity contribution in [3.63, 3.8) is 0 Å². The van der Waals surface area contributed by atoms with E-state index in [0.717, 1.165) is 26.8 Å². The third kappa shape index (κ3) is 7.43. The molecule has 0 atom stereocenters. The van der Waals surface area contributed by atoms with E-state index in [4.69, 9.17) is 43.6 Å². The van der Waals surface area contributed by atoms with Crippen LogP contribution in [0.15, 0.2) is 92.2 Å². The Kier molecular flexibility index (Phi) is 12.3. The van der Waals surface area contributed by atoms with Gasteiger partial charge in [-0.15, -0.1) is 0 Å². The van der Waals surface area contributed by atoms with Gasteiger partial charge in [0.25, 0.3) is 0 Å². The molecule has 0 bridgehead atoms. The second-order valence-electron chi connectivity index (χ2n) is 6.79. The Morgan fingerprint density at radius 2 is 1.06 bits per heavy atom. The molecule has 0 aliphatic heterocycles. The number of para-hydroxylation sites is 2. The first-order chi connectivity index (χ1) is 16.9. The van der Waals surface area contributed by atoms with Gasteiger partial charge in [0, 0.05) is 56.9 Å². The van der Waals surface area contributed by atoms with Crippen molar-refractivity contribution in [2.75, 3.05) is 0 Å². The zero-order chi connectivity index (χ0) is 25.5. The Hall–Kier alpha value is 0.250. The Bertz CT molecular complexity index is 1570. The maximum Gasteiger partial charge on any atom is 0.180 e. The maximum absolute atomic E-state index is 5.81. The summed E-state index contributed by atoms with van der Waals surface area (Å²) in [5.41, 5.74) is 3.81. The Morgan fingerprint density at radius 3 is 1.69 bits per heavy atom. The van der Waals surface area contributed by atoms with Crippen LogP contribution < -0.4 is 0 Å². The fraction of sp³-hybridized carbons (Fsp3) is 0.0400. The fourth-order valence-corrected chi connectivity index (χ4v) is 5.48. The van der Waals surface area contributed by atoms with E-state index in [1.165, 1.54) is 28.7 Å². The molecule has 0 saturated heterocycles. The molecule has 0 aliphatic carbocycles. The number of alkyl halides is 3.